The molecule has 2 aromatic heterocycles. The number of morpholine rings is 1. The Hall–Kier alpha value is -3.97. The number of halogens is 3. The summed E-state index contributed by atoms with van der Waals surface area (Å²) >= 11 is 0. The van der Waals surface area contributed by atoms with E-state index in [0.717, 1.165) is 17.8 Å². The summed E-state index contributed by atoms with van der Waals surface area (Å²) in [5, 5.41) is 16.4. The molecule has 1 fully saturated rings. The van der Waals surface area contributed by atoms with Crippen LogP contribution in [0.4, 0.5) is 30.2 Å². The number of nitrogens with zero attached hydrogens (tertiary/aromatic N) is 5. The molecule has 3 aromatic rings. The van der Waals surface area contributed by atoms with E-state index in [0.29, 0.717) is 48.9 Å². The largest absolute Gasteiger partial charge is 0.416 e. The van der Waals surface area contributed by atoms with Gasteiger partial charge in [-0.25, -0.2) is 5.84 Å². The lowest BCUT2D eigenvalue weighted by Crippen LogP contribution is -2.37. The molecule has 0 atom stereocenters. The second kappa shape index (κ2) is 10.8. The third-order valence-corrected chi connectivity index (χ3v) is 6.40. The van der Waals surface area contributed by atoms with Crippen molar-refractivity contribution >= 4 is 28.7 Å². The molecule has 0 radical (unpaired) electrons. The van der Waals surface area contributed by atoms with E-state index in [1.54, 1.807) is 29.7 Å². The number of carbonyl (C=O) groups is 1. The van der Waals surface area contributed by atoms with Gasteiger partial charge in [0.1, 0.15) is 0 Å². The molecule has 4 N–H and O–H groups in total. The minimum Gasteiger partial charge on any atom is -0.378 e. The summed E-state index contributed by atoms with van der Waals surface area (Å²) in [4.78, 5) is 19.1. The van der Waals surface area contributed by atoms with Crippen molar-refractivity contribution in [2.45, 2.75) is 20.0 Å². The molecule has 4 rings (SSSR count). The Bertz CT molecular complexity index is 1350. The smallest absolute Gasteiger partial charge is 0.378 e. The fraction of sp³-hybridized carbons (Fsp3) is 0.360. The monoisotopic (exact) mass is 530 g/mol. The van der Waals surface area contributed by atoms with Gasteiger partial charge in [-0.2, -0.15) is 18.3 Å². The fourth-order valence-electron chi connectivity index (χ4n) is 4.13. The van der Waals surface area contributed by atoms with Crippen molar-refractivity contribution in [3.8, 4) is 0 Å². The molecular formula is C25H29F3N8O2. The van der Waals surface area contributed by atoms with E-state index in [4.69, 9.17) is 16.0 Å². The number of amides is 1. The number of nitrogens with two attached hydrogens (primary N) is 1. The maximum atomic E-state index is 13.6. The van der Waals surface area contributed by atoms with Crippen LogP contribution < -0.4 is 21.1 Å². The zero-order valence-electron chi connectivity index (χ0n) is 21.3. The molecule has 0 spiro atoms. The van der Waals surface area contributed by atoms with E-state index in [2.05, 4.69) is 15.4 Å². The predicted molar refractivity (Wildman–Crippen MR) is 138 cm³/mol. The lowest BCUT2D eigenvalue weighted by atomic mass is 10.1. The van der Waals surface area contributed by atoms with Gasteiger partial charge in [-0.05, 0) is 38.1 Å². The van der Waals surface area contributed by atoms with E-state index >= 15 is 0 Å². The first-order chi connectivity index (χ1) is 17.9. The highest BCUT2D eigenvalue weighted by Crippen LogP contribution is 2.35. The number of hydrazine groups is 1. The molecule has 202 valence electrons. The standard InChI is InChI=1S/C25H29F3N8O2/c1-15-23(36(30)14-22(29)21-13-32-34(3)16(21)2)8-17(12-31-15)24(37)33-19-9-18(25(26,27)28)10-20(11-19)35-4-6-38-7-5-35/h8-13,29H,4-7,14,30H2,1-3H3,(H,33,37). The highest BCUT2D eigenvalue weighted by molar-refractivity contribution is 6.05. The molecule has 1 aliphatic heterocycles. The number of alkyl halides is 3. The Balaban J connectivity index is 1.56. The van der Waals surface area contributed by atoms with E-state index < -0.39 is 17.6 Å². The number of rotatable bonds is 7. The lowest BCUT2D eigenvalue weighted by Gasteiger charge is -2.29. The van der Waals surface area contributed by atoms with Crippen molar-refractivity contribution < 1.29 is 22.7 Å². The number of hydrogen-bond acceptors (Lipinski definition) is 8. The van der Waals surface area contributed by atoms with Crippen molar-refractivity contribution in [3.63, 3.8) is 0 Å². The number of hydrogen-bond donors (Lipinski definition) is 3. The quantitative estimate of drug-likeness (QED) is 0.243. The van der Waals surface area contributed by atoms with Crippen LogP contribution >= 0.6 is 0 Å². The maximum Gasteiger partial charge on any atom is 0.416 e. The zero-order valence-corrected chi connectivity index (χ0v) is 21.3. The summed E-state index contributed by atoms with van der Waals surface area (Å²) in [5.74, 6) is 5.59. The van der Waals surface area contributed by atoms with Gasteiger partial charge in [-0.1, -0.05) is 0 Å². The van der Waals surface area contributed by atoms with E-state index in [-0.39, 0.29) is 23.5 Å². The maximum absolute atomic E-state index is 13.6. The van der Waals surface area contributed by atoms with Crippen molar-refractivity contribution in [3.05, 3.63) is 64.7 Å². The number of ether oxygens (including phenoxy) is 1. The van der Waals surface area contributed by atoms with E-state index in [1.807, 2.05) is 6.92 Å². The summed E-state index contributed by atoms with van der Waals surface area (Å²) in [6.45, 7) is 5.27. The Kier molecular flexibility index (Phi) is 7.69. The molecule has 10 nitrogen and oxygen atoms in total. The van der Waals surface area contributed by atoms with Gasteiger partial charge in [-0.15, -0.1) is 0 Å². The molecule has 1 saturated heterocycles. The number of aromatic nitrogens is 3. The Morgan fingerprint density at radius 1 is 1.18 bits per heavy atom. The van der Waals surface area contributed by atoms with Crippen LogP contribution in [0.1, 0.15) is 32.9 Å². The number of anilines is 3. The summed E-state index contributed by atoms with van der Waals surface area (Å²) in [6.07, 6.45) is -1.67. The molecular weight excluding hydrogens is 501 g/mol. The number of nitrogens with one attached hydrogen (secondary N) is 2. The highest BCUT2D eigenvalue weighted by atomic mass is 19.4. The number of aryl methyl sites for hydroxylation is 2. The van der Waals surface area contributed by atoms with E-state index in [9.17, 15) is 18.0 Å². The first-order valence-corrected chi connectivity index (χ1v) is 11.9. The minimum atomic E-state index is -4.59. The highest BCUT2D eigenvalue weighted by Gasteiger charge is 2.32. The van der Waals surface area contributed by atoms with Crippen molar-refractivity contribution in [1.82, 2.24) is 14.8 Å². The van der Waals surface area contributed by atoms with Crippen LogP contribution in [-0.2, 0) is 18.0 Å². The van der Waals surface area contributed by atoms with Crippen LogP contribution in [0.2, 0.25) is 0 Å². The van der Waals surface area contributed by atoms with Crippen LogP contribution in [0.15, 0.2) is 36.7 Å². The molecule has 0 saturated carbocycles. The second-order valence-corrected chi connectivity index (χ2v) is 9.02. The molecule has 38 heavy (non-hydrogen) atoms. The second-order valence-electron chi connectivity index (χ2n) is 9.02. The van der Waals surface area contributed by atoms with Crippen LogP contribution in [0.25, 0.3) is 0 Å². The van der Waals surface area contributed by atoms with Gasteiger partial charge in [0.15, 0.2) is 0 Å². The third-order valence-electron chi connectivity index (χ3n) is 6.40. The number of pyridine rings is 1. The Labute approximate surface area is 217 Å². The van der Waals surface area contributed by atoms with Crippen molar-refractivity contribution in [1.29, 1.82) is 5.41 Å². The summed E-state index contributed by atoms with van der Waals surface area (Å²) in [6, 6.07) is 4.97. The van der Waals surface area contributed by atoms with Gasteiger partial charge in [-0.3, -0.25) is 14.5 Å². The molecule has 1 aliphatic rings. The van der Waals surface area contributed by atoms with Gasteiger partial charge >= 0.3 is 6.18 Å². The first-order valence-electron chi connectivity index (χ1n) is 11.9. The molecule has 0 aliphatic carbocycles. The van der Waals surface area contributed by atoms with Crippen molar-refractivity contribution in [2.24, 2.45) is 12.9 Å². The summed E-state index contributed by atoms with van der Waals surface area (Å²) in [5.41, 5.74) is 2.20. The molecule has 3 heterocycles. The van der Waals surface area contributed by atoms with Crippen LogP contribution in [0.3, 0.4) is 0 Å². The topological polar surface area (TPSA) is 125 Å². The van der Waals surface area contributed by atoms with Gasteiger partial charge in [0.05, 0.1) is 54.2 Å². The minimum absolute atomic E-state index is 0.00637. The average Bonchev–Trinajstić information content (AvgIpc) is 3.22. The molecule has 0 bridgehead atoms. The van der Waals surface area contributed by atoms with Crippen LogP contribution in [0, 0.1) is 19.3 Å². The van der Waals surface area contributed by atoms with Crippen molar-refractivity contribution in [2.75, 3.05) is 48.1 Å². The van der Waals surface area contributed by atoms with Gasteiger partial charge in [0.2, 0.25) is 0 Å². The van der Waals surface area contributed by atoms with Gasteiger partial charge in [0, 0.05) is 49.0 Å². The Morgan fingerprint density at radius 3 is 2.53 bits per heavy atom. The molecule has 13 heteroatoms. The van der Waals surface area contributed by atoms with E-state index in [1.165, 1.54) is 23.3 Å². The third kappa shape index (κ3) is 5.94. The molecule has 1 aromatic carbocycles. The first kappa shape index (κ1) is 27.1. The van der Waals surface area contributed by atoms with Crippen LogP contribution in [0.5, 0.6) is 0 Å². The summed E-state index contributed by atoms with van der Waals surface area (Å²) < 4.78 is 47.8. The SMILES string of the molecule is Cc1ncc(C(=O)Nc2cc(N3CCOCC3)cc(C(F)(F)F)c2)cc1N(N)CC(=N)c1cnn(C)c1C. The normalized spacial score (nSPS) is 13.9. The van der Waals surface area contributed by atoms with Crippen LogP contribution in [-0.4, -0.2) is 59.2 Å². The lowest BCUT2D eigenvalue weighted by molar-refractivity contribution is -0.137. The number of benzene rings is 1. The zero-order chi connectivity index (χ0) is 27.6. The number of carbonyl (C=O) groups excluding carboxylic acids is 1. The fourth-order valence-corrected chi connectivity index (χ4v) is 4.13. The van der Waals surface area contributed by atoms with Gasteiger partial charge in [0.25, 0.3) is 5.91 Å². The average molecular weight is 531 g/mol. The predicted octanol–water partition coefficient (Wildman–Crippen LogP) is 3.29. The molecule has 1 amide bonds. The molecule has 0 unspecified atom stereocenters. The summed E-state index contributed by atoms with van der Waals surface area (Å²) in [7, 11) is 1.77. The van der Waals surface area contributed by atoms with Gasteiger partial charge < -0.3 is 25.4 Å². The Morgan fingerprint density at radius 2 is 1.89 bits per heavy atom.